The van der Waals surface area contributed by atoms with Crippen LogP contribution in [0.15, 0.2) is 0 Å². The van der Waals surface area contributed by atoms with Gasteiger partial charge in [0.25, 0.3) is 0 Å². The molecule has 0 aliphatic heterocycles. The summed E-state index contributed by atoms with van der Waals surface area (Å²) >= 11 is 0. The Morgan fingerprint density at radius 2 is 1.64 bits per heavy atom. The Bertz CT molecular complexity index is 473. The number of aliphatic hydroxyl groups excluding tert-OH is 1. The maximum Gasteiger partial charge on any atom is 1.00 e. The van der Waals surface area contributed by atoms with Gasteiger partial charge in [0, 0.05) is 13.0 Å². The molecule has 0 aromatic heterocycles. The number of aliphatic hydroxyl groups is 1. The van der Waals surface area contributed by atoms with E-state index in [1.807, 2.05) is 0 Å². The van der Waals surface area contributed by atoms with Crippen LogP contribution >= 0.6 is 0 Å². The van der Waals surface area contributed by atoms with Gasteiger partial charge < -0.3 is 20.3 Å². The van der Waals surface area contributed by atoms with Crippen molar-refractivity contribution in [2.24, 2.45) is 0 Å². The van der Waals surface area contributed by atoms with Gasteiger partial charge in [0.1, 0.15) is 6.04 Å². The van der Waals surface area contributed by atoms with Gasteiger partial charge in [-0.3, -0.25) is 9.59 Å². The van der Waals surface area contributed by atoms with Gasteiger partial charge in [0.2, 0.25) is 11.8 Å². The van der Waals surface area contributed by atoms with Crippen LogP contribution in [0, 0.1) is 0 Å². The van der Waals surface area contributed by atoms with Crippen molar-refractivity contribution in [3.05, 3.63) is 0 Å². The Morgan fingerprint density at radius 3 is 2.16 bits per heavy atom. The molecule has 0 bridgehead atoms. The van der Waals surface area contributed by atoms with Crippen LogP contribution in [-0.2, 0) is 19.7 Å². The van der Waals surface area contributed by atoms with Gasteiger partial charge in [-0.2, -0.15) is 0 Å². The number of nitrogens with one attached hydrogen (secondary N) is 2. The number of unbranched alkanes of at least 4 members (excludes halogenated alkanes) is 6. The molecule has 0 radical (unpaired) electrons. The number of carbonyl (C=O) groups excluding carboxylic acids is 2. The number of hydrogen-bond donors (Lipinski definition) is 3. The van der Waals surface area contributed by atoms with Crippen LogP contribution in [0.3, 0.4) is 0 Å². The van der Waals surface area contributed by atoms with E-state index in [0.717, 1.165) is 19.3 Å². The van der Waals surface area contributed by atoms with Crippen LogP contribution in [-0.4, -0.2) is 54.8 Å². The van der Waals surface area contributed by atoms with Crippen LogP contribution in [0.4, 0.5) is 0 Å². The van der Waals surface area contributed by atoms with E-state index >= 15 is 0 Å². The third kappa shape index (κ3) is 17.0. The SMILES string of the molecule is CCCCCCCCCC(=O)NC(CS(=O)(=O)[O-])C(=O)NCCO.[Na+]. The number of carbonyl (C=O) groups is 2. The van der Waals surface area contributed by atoms with Gasteiger partial charge in [0.15, 0.2) is 0 Å². The van der Waals surface area contributed by atoms with Crippen LogP contribution < -0.4 is 40.2 Å². The fourth-order valence-electron chi connectivity index (χ4n) is 2.20. The molecule has 0 saturated heterocycles. The van der Waals surface area contributed by atoms with Gasteiger partial charge >= 0.3 is 29.6 Å². The van der Waals surface area contributed by atoms with Crippen molar-refractivity contribution in [2.75, 3.05) is 18.9 Å². The van der Waals surface area contributed by atoms with Gasteiger partial charge in [-0.1, -0.05) is 45.4 Å². The monoisotopic (exact) mass is 388 g/mol. The standard InChI is InChI=1S/C15H30N2O6S.Na/c1-2-3-4-5-6-7-8-9-14(19)17-13(12-24(21,22)23)15(20)16-10-11-18;/h13,18H,2-12H2,1H3,(H,16,20)(H,17,19)(H,21,22,23);/q;+1/p-1. The Hall–Kier alpha value is -0.190. The fourth-order valence-corrected chi connectivity index (χ4v) is 2.84. The van der Waals surface area contributed by atoms with E-state index in [0.29, 0.717) is 6.42 Å². The fraction of sp³-hybridized carbons (Fsp3) is 0.867. The molecule has 0 saturated carbocycles. The zero-order valence-electron chi connectivity index (χ0n) is 15.3. The summed E-state index contributed by atoms with van der Waals surface area (Å²) in [7, 11) is -4.67. The minimum atomic E-state index is -4.67. The maximum atomic E-state index is 11.8. The molecule has 1 atom stereocenters. The van der Waals surface area contributed by atoms with E-state index < -0.39 is 33.7 Å². The summed E-state index contributed by atoms with van der Waals surface area (Å²) in [5.41, 5.74) is 0. The van der Waals surface area contributed by atoms with E-state index in [9.17, 15) is 22.6 Å². The van der Waals surface area contributed by atoms with Crippen LogP contribution in [0.2, 0.25) is 0 Å². The van der Waals surface area contributed by atoms with Crippen LogP contribution in [0.1, 0.15) is 58.3 Å². The van der Waals surface area contributed by atoms with E-state index in [2.05, 4.69) is 17.6 Å². The second kappa shape index (κ2) is 16.0. The molecule has 1 unspecified atom stereocenters. The molecule has 142 valence electrons. The summed E-state index contributed by atoms with van der Waals surface area (Å²) in [4.78, 5) is 23.6. The van der Waals surface area contributed by atoms with Crippen LogP contribution in [0.25, 0.3) is 0 Å². The molecule has 2 amide bonds. The summed E-state index contributed by atoms with van der Waals surface area (Å²) in [6.45, 7) is 1.73. The van der Waals surface area contributed by atoms with Crippen LogP contribution in [0.5, 0.6) is 0 Å². The van der Waals surface area contributed by atoms with E-state index in [4.69, 9.17) is 5.11 Å². The van der Waals surface area contributed by atoms with E-state index in [1.165, 1.54) is 19.3 Å². The summed E-state index contributed by atoms with van der Waals surface area (Å²) in [5.74, 6) is -2.26. The summed E-state index contributed by atoms with van der Waals surface area (Å²) < 4.78 is 32.6. The summed E-state index contributed by atoms with van der Waals surface area (Å²) in [6.07, 6.45) is 7.41. The smallest absolute Gasteiger partial charge is 0.748 e. The molecule has 0 fully saturated rings. The zero-order chi connectivity index (χ0) is 18.4. The van der Waals surface area contributed by atoms with Crippen molar-refractivity contribution >= 4 is 21.9 Å². The molecule has 0 heterocycles. The molecule has 0 spiro atoms. The molecule has 10 heteroatoms. The molecule has 25 heavy (non-hydrogen) atoms. The average molecular weight is 388 g/mol. The van der Waals surface area contributed by atoms with E-state index in [-0.39, 0.29) is 49.1 Å². The normalized spacial score (nSPS) is 12.1. The molecule has 8 nitrogen and oxygen atoms in total. The second-order valence-electron chi connectivity index (χ2n) is 5.73. The molecule has 3 N–H and O–H groups in total. The number of hydrogen-bond acceptors (Lipinski definition) is 6. The van der Waals surface area contributed by atoms with Gasteiger partial charge in [-0.05, 0) is 6.42 Å². The molecule has 0 aliphatic carbocycles. The van der Waals surface area contributed by atoms with Gasteiger partial charge in [-0.15, -0.1) is 0 Å². The first-order valence-corrected chi connectivity index (χ1v) is 9.99. The van der Waals surface area contributed by atoms with Gasteiger partial charge in [-0.25, -0.2) is 8.42 Å². The van der Waals surface area contributed by atoms with Crippen molar-refractivity contribution in [2.45, 2.75) is 64.3 Å². The molecule has 0 aromatic rings. The van der Waals surface area contributed by atoms with Gasteiger partial charge in [0.05, 0.1) is 22.5 Å². The van der Waals surface area contributed by atoms with Crippen molar-refractivity contribution in [3.63, 3.8) is 0 Å². The average Bonchev–Trinajstić information content (AvgIpc) is 2.49. The number of amides is 2. The van der Waals surface area contributed by atoms with Crippen molar-refractivity contribution < 1.29 is 57.2 Å². The zero-order valence-corrected chi connectivity index (χ0v) is 18.1. The minimum Gasteiger partial charge on any atom is -0.748 e. The molecular weight excluding hydrogens is 359 g/mol. The second-order valence-corrected chi connectivity index (χ2v) is 7.18. The number of rotatable bonds is 14. The Labute approximate surface area is 172 Å². The molecular formula is C15H29N2NaO6S. The minimum absolute atomic E-state index is 0. The van der Waals surface area contributed by atoms with Crippen molar-refractivity contribution in [3.8, 4) is 0 Å². The third-order valence-corrected chi connectivity index (χ3v) is 4.18. The van der Waals surface area contributed by atoms with Crippen molar-refractivity contribution in [1.29, 1.82) is 0 Å². The molecule has 0 rings (SSSR count). The largest absolute Gasteiger partial charge is 1.00 e. The Balaban J connectivity index is 0. The first-order valence-electron chi connectivity index (χ1n) is 8.41. The predicted octanol–water partition coefficient (Wildman–Crippen LogP) is -2.73. The van der Waals surface area contributed by atoms with E-state index in [1.54, 1.807) is 0 Å². The quantitative estimate of drug-likeness (QED) is 0.168. The first kappa shape index (κ1) is 27.0. The summed E-state index contributed by atoms with van der Waals surface area (Å²) in [5, 5.41) is 13.2. The molecule has 0 aromatic carbocycles. The Kier molecular flexibility index (Phi) is 17.3. The maximum absolute atomic E-state index is 11.8. The topological polar surface area (TPSA) is 136 Å². The third-order valence-electron chi connectivity index (χ3n) is 3.44. The Morgan fingerprint density at radius 1 is 1.08 bits per heavy atom. The predicted molar refractivity (Wildman–Crippen MR) is 89.2 cm³/mol. The molecule has 0 aliphatic rings. The first-order chi connectivity index (χ1) is 11.3. The summed E-state index contributed by atoms with van der Waals surface area (Å²) in [6, 6.07) is -1.43. The van der Waals surface area contributed by atoms with Crippen molar-refractivity contribution in [1.82, 2.24) is 10.6 Å².